The van der Waals surface area contributed by atoms with Crippen LogP contribution in [0.2, 0.25) is 0 Å². The van der Waals surface area contributed by atoms with E-state index in [-0.39, 0.29) is 5.75 Å². The standard InChI is InChI=1S/C12H6Cl6O/c13-11(14,15)7-4-6-2-1-3-8(12(16,17)18)10(6)9(19)5-7/h1-5,19H. The summed E-state index contributed by atoms with van der Waals surface area (Å²) in [4.78, 5) is 0. The van der Waals surface area contributed by atoms with Gasteiger partial charge in [-0.3, -0.25) is 0 Å². The summed E-state index contributed by atoms with van der Waals surface area (Å²) in [5, 5.41) is 11.1. The first-order valence-corrected chi connectivity index (χ1v) is 7.27. The number of hydrogen-bond acceptors (Lipinski definition) is 1. The van der Waals surface area contributed by atoms with E-state index < -0.39 is 7.59 Å². The molecule has 0 unspecified atom stereocenters. The molecule has 0 atom stereocenters. The molecule has 0 amide bonds. The van der Waals surface area contributed by atoms with Gasteiger partial charge in [0.1, 0.15) is 5.75 Å². The Morgan fingerprint density at radius 3 is 2.00 bits per heavy atom. The third-order valence-electron chi connectivity index (χ3n) is 2.59. The average molecular weight is 379 g/mol. The van der Waals surface area contributed by atoms with Crippen LogP contribution in [-0.4, -0.2) is 5.11 Å². The van der Waals surface area contributed by atoms with E-state index in [1.807, 2.05) is 0 Å². The number of halogens is 6. The molecule has 1 N–H and O–H groups in total. The summed E-state index contributed by atoms with van der Waals surface area (Å²) in [6, 6.07) is 8.01. The molecule has 7 heteroatoms. The maximum atomic E-state index is 10.1. The van der Waals surface area contributed by atoms with Gasteiger partial charge in [-0.25, -0.2) is 0 Å². The quantitative estimate of drug-likeness (QED) is 0.541. The van der Waals surface area contributed by atoms with Crippen molar-refractivity contribution in [1.82, 2.24) is 0 Å². The lowest BCUT2D eigenvalue weighted by Crippen LogP contribution is -2.03. The number of phenols is 1. The SMILES string of the molecule is Oc1cc(C(Cl)(Cl)Cl)cc2cccc(C(Cl)(Cl)Cl)c12. The van der Waals surface area contributed by atoms with Gasteiger partial charge >= 0.3 is 0 Å². The Kier molecular flexibility index (Phi) is 4.29. The van der Waals surface area contributed by atoms with E-state index in [1.54, 1.807) is 24.3 Å². The fourth-order valence-electron chi connectivity index (χ4n) is 1.80. The average Bonchev–Trinajstić information content (AvgIpc) is 2.25. The molecular weight excluding hydrogens is 373 g/mol. The van der Waals surface area contributed by atoms with E-state index in [1.165, 1.54) is 6.07 Å². The molecule has 0 aliphatic rings. The predicted octanol–water partition coefficient (Wildman–Crippen LogP) is 6.20. The van der Waals surface area contributed by atoms with Crippen LogP contribution < -0.4 is 0 Å². The van der Waals surface area contributed by atoms with Gasteiger partial charge in [-0.1, -0.05) is 87.8 Å². The van der Waals surface area contributed by atoms with Gasteiger partial charge in [-0.2, -0.15) is 0 Å². The smallest absolute Gasteiger partial charge is 0.216 e. The van der Waals surface area contributed by atoms with Gasteiger partial charge in [0.25, 0.3) is 0 Å². The Hall–Kier alpha value is 0.240. The number of phenolic OH excluding ortho intramolecular Hbond substituents is 1. The minimum atomic E-state index is -1.65. The van der Waals surface area contributed by atoms with Crippen LogP contribution in [0.15, 0.2) is 30.3 Å². The van der Waals surface area contributed by atoms with Crippen molar-refractivity contribution in [3.8, 4) is 5.75 Å². The van der Waals surface area contributed by atoms with Crippen molar-refractivity contribution in [2.75, 3.05) is 0 Å². The Balaban J connectivity index is 2.81. The van der Waals surface area contributed by atoms with Gasteiger partial charge in [0.2, 0.25) is 7.59 Å². The van der Waals surface area contributed by atoms with Crippen LogP contribution in [0.4, 0.5) is 0 Å². The summed E-state index contributed by atoms with van der Waals surface area (Å²) in [7, 11) is 0. The number of aromatic hydroxyl groups is 1. The predicted molar refractivity (Wildman–Crippen MR) is 84.1 cm³/mol. The Bertz CT molecular complexity index is 626. The lowest BCUT2D eigenvalue weighted by molar-refractivity contribution is 0.480. The van der Waals surface area contributed by atoms with Crippen molar-refractivity contribution in [1.29, 1.82) is 0 Å². The van der Waals surface area contributed by atoms with E-state index in [4.69, 9.17) is 69.6 Å². The van der Waals surface area contributed by atoms with Crippen molar-refractivity contribution in [2.45, 2.75) is 7.59 Å². The zero-order chi connectivity index (χ0) is 14.4. The van der Waals surface area contributed by atoms with Gasteiger partial charge < -0.3 is 5.11 Å². The molecule has 0 spiro atoms. The van der Waals surface area contributed by atoms with E-state index in [0.717, 1.165) is 0 Å². The highest BCUT2D eigenvalue weighted by molar-refractivity contribution is 6.67. The van der Waals surface area contributed by atoms with E-state index in [2.05, 4.69) is 0 Å². The first kappa shape index (κ1) is 15.6. The molecule has 0 heterocycles. The van der Waals surface area contributed by atoms with Crippen molar-refractivity contribution >= 4 is 80.4 Å². The second-order valence-corrected chi connectivity index (χ2v) is 8.46. The Morgan fingerprint density at radius 1 is 0.842 bits per heavy atom. The molecule has 0 fully saturated rings. The number of benzene rings is 2. The van der Waals surface area contributed by atoms with E-state index in [0.29, 0.717) is 21.9 Å². The zero-order valence-corrected chi connectivity index (χ0v) is 13.6. The first-order valence-electron chi connectivity index (χ1n) is 5.01. The molecule has 19 heavy (non-hydrogen) atoms. The molecule has 0 saturated heterocycles. The molecule has 0 aliphatic heterocycles. The Morgan fingerprint density at radius 2 is 1.47 bits per heavy atom. The number of alkyl halides is 6. The summed E-state index contributed by atoms with van der Waals surface area (Å²) in [6.07, 6.45) is 0. The number of fused-ring (bicyclic) bond motifs is 1. The van der Waals surface area contributed by atoms with Crippen molar-refractivity contribution in [3.63, 3.8) is 0 Å². The van der Waals surface area contributed by atoms with Crippen LogP contribution in [0.5, 0.6) is 5.75 Å². The van der Waals surface area contributed by atoms with Crippen LogP contribution >= 0.6 is 69.6 Å². The first-order chi connectivity index (χ1) is 8.60. The highest BCUT2D eigenvalue weighted by Gasteiger charge is 2.29. The molecule has 0 bridgehead atoms. The monoisotopic (exact) mass is 376 g/mol. The lowest BCUT2D eigenvalue weighted by atomic mass is 10.0. The van der Waals surface area contributed by atoms with Gasteiger partial charge in [0.15, 0.2) is 0 Å². The second kappa shape index (κ2) is 5.22. The normalized spacial score (nSPS) is 12.9. The van der Waals surface area contributed by atoms with Gasteiger partial charge in [0, 0.05) is 16.5 Å². The summed E-state index contributed by atoms with van der Waals surface area (Å²) >= 11 is 35.0. The maximum absolute atomic E-state index is 10.1. The second-order valence-electron chi connectivity index (χ2n) is 3.89. The van der Waals surface area contributed by atoms with Crippen molar-refractivity contribution in [2.24, 2.45) is 0 Å². The summed E-state index contributed by atoms with van der Waals surface area (Å²) in [6.45, 7) is 0. The third kappa shape index (κ3) is 3.29. The molecule has 1 nitrogen and oxygen atoms in total. The summed E-state index contributed by atoms with van der Waals surface area (Å²) in [5.74, 6) is -0.110. The minimum absolute atomic E-state index is 0.110. The molecule has 0 aromatic heterocycles. The molecule has 2 aromatic carbocycles. The molecule has 2 rings (SSSR count). The highest BCUT2D eigenvalue weighted by Crippen LogP contribution is 2.47. The number of hydrogen-bond donors (Lipinski definition) is 1. The van der Waals surface area contributed by atoms with Gasteiger partial charge in [0.05, 0.1) is 0 Å². The fourth-order valence-corrected chi connectivity index (χ4v) is 2.60. The molecule has 0 radical (unpaired) electrons. The van der Waals surface area contributed by atoms with Crippen LogP contribution in [0.3, 0.4) is 0 Å². The van der Waals surface area contributed by atoms with Crippen LogP contribution in [0.25, 0.3) is 10.8 Å². The van der Waals surface area contributed by atoms with Gasteiger partial charge in [-0.15, -0.1) is 0 Å². The minimum Gasteiger partial charge on any atom is -0.507 e. The Labute approximate surface area is 139 Å². The van der Waals surface area contributed by atoms with Crippen LogP contribution in [-0.2, 0) is 7.59 Å². The molecule has 0 aliphatic carbocycles. The molecule has 2 aromatic rings. The molecular formula is C12H6Cl6O. The zero-order valence-electron chi connectivity index (χ0n) is 9.10. The topological polar surface area (TPSA) is 20.2 Å². The largest absolute Gasteiger partial charge is 0.507 e. The summed E-state index contributed by atoms with van der Waals surface area (Å²) in [5.41, 5.74) is 0.701. The van der Waals surface area contributed by atoms with E-state index >= 15 is 0 Å². The van der Waals surface area contributed by atoms with Crippen LogP contribution in [0.1, 0.15) is 11.1 Å². The fraction of sp³-hybridized carbons (Fsp3) is 0.167. The summed E-state index contributed by atoms with van der Waals surface area (Å²) < 4.78 is -3.29. The number of rotatable bonds is 0. The maximum Gasteiger partial charge on any atom is 0.216 e. The molecule has 102 valence electrons. The molecule has 0 saturated carbocycles. The van der Waals surface area contributed by atoms with Crippen molar-refractivity contribution < 1.29 is 5.11 Å². The lowest BCUT2D eigenvalue weighted by Gasteiger charge is -2.18. The third-order valence-corrected chi connectivity index (χ3v) is 3.85. The van der Waals surface area contributed by atoms with Gasteiger partial charge in [-0.05, 0) is 17.5 Å². The highest BCUT2D eigenvalue weighted by atomic mass is 35.6. The van der Waals surface area contributed by atoms with Crippen LogP contribution in [0, 0.1) is 0 Å². The van der Waals surface area contributed by atoms with Crippen molar-refractivity contribution in [3.05, 3.63) is 41.5 Å². The van der Waals surface area contributed by atoms with E-state index in [9.17, 15) is 5.11 Å².